The molecule has 3 N–H and O–H groups in total. The minimum Gasteiger partial charge on any atom is -0.369 e. The van der Waals surface area contributed by atoms with Gasteiger partial charge in [0.15, 0.2) is 0 Å². The van der Waals surface area contributed by atoms with Crippen LogP contribution in [0.5, 0.6) is 0 Å². The molecule has 1 aliphatic carbocycles. The van der Waals surface area contributed by atoms with Crippen molar-refractivity contribution in [3.8, 4) is 0 Å². The topological polar surface area (TPSA) is 58.9 Å². The number of fused-ring (bicyclic) bond motifs is 1. The van der Waals surface area contributed by atoms with Gasteiger partial charge < -0.3 is 10.7 Å². The van der Waals surface area contributed by atoms with Crippen LogP contribution in [0.1, 0.15) is 36.3 Å². The van der Waals surface area contributed by atoms with E-state index in [1.807, 2.05) is 6.20 Å². The molecule has 0 bridgehead atoms. The van der Waals surface area contributed by atoms with Crippen molar-refractivity contribution in [1.29, 1.82) is 0 Å². The number of primary amides is 1. The number of H-pyrrole nitrogens is 1. The summed E-state index contributed by atoms with van der Waals surface area (Å²) in [6, 6.07) is 6.27. The second-order valence-corrected chi connectivity index (χ2v) is 5.43. The molecule has 1 heterocycles. The van der Waals surface area contributed by atoms with Crippen molar-refractivity contribution >= 4 is 16.8 Å². The maximum absolute atomic E-state index is 11.7. The van der Waals surface area contributed by atoms with Crippen LogP contribution in [0.15, 0.2) is 24.4 Å². The van der Waals surface area contributed by atoms with Crippen LogP contribution in [0.2, 0.25) is 0 Å². The molecule has 0 spiro atoms. The first-order chi connectivity index (χ1) is 8.65. The van der Waals surface area contributed by atoms with Gasteiger partial charge in [-0.15, -0.1) is 0 Å². The number of amides is 1. The van der Waals surface area contributed by atoms with E-state index in [1.165, 1.54) is 18.4 Å². The lowest BCUT2D eigenvalue weighted by Gasteiger charge is -2.12. The van der Waals surface area contributed by atoms with Gasteiger partial charge in [0.2, 0.25) is 5.91 Å². The molecule has 3 nitrogen and oxygen atoms in total. The molecule has 3 rings (SSSR count). The van der Waals surface area contributed by atoms with Crippen molar-refractivity contribution in [2.75, 3.05) is 0 Å². The lowest BCUT2D eigenvalue weighted by Crippen LogP contribution is -2.21. The smallest absolute Gasteiger partial charge is 0.225 e. The number of aryl methyl sites for hydroxylation is 1. The normalized spacial score (nSPS) is 16.9. The second kappa shape index (κ2) is 4.16. The predicted octanol–water partition coefficient (Wildman–Crippen LogP) is 2.85. The molecule has 1 aromatic carbocycles. The van der Waals surface area contributed by atoms with E-state index in [0.29, 0.717) is 5.92 Å². The summed E-state index contributed by atoms with van der Waals surface area (Å²) in [6.45, 7) is 2.07. The molecule has 94 valence electrons. The molecule has 0 aliphatic heterocycles. The van der Waals surface area contributed by atoms with E-state index in [1.54, 1.807) is 0 Å². The van der Waals surface area contributed by atoms with Crippen molar-refractivity contribution in [1.82, 2.24) is 4.98 Å². The number of aromatic nitrogens is 1. The van der Waals surface area contributed by atoms with Crippen LogP contribution in [-0.2, 0) is 4.79 Å². The molecule has 1 aromatic heterocycles. The highest BCUT2D eigenvalue weighted by Gasteiger charge is 2.30. The number of hydrogen-bond acceptors (Lipinski definition) is 1. The molecule has 1 fully saturated rings. The van der Waals surface area contributed by atoms with Crippen molar-refractivity contribution < 1.29 is 4.79 Å². The first-order valence-electron chi connectivity index (χ1n) is 6.52. The minimum absolute atomic E-state index is 0.144. The summed E-state index contributed by atoms with van der Waals surface area (Å²) in [6.07, 6.45) is 5.33. The number of nitrogens with two attached hydrogens (primary N) is 1. The van der Waals surface area contributed by atoms with E-state index in [4.69, 9.17) is 5.73 Å². The standard InChI is InChI=1S/C15H18N2O/c1-9-2-5-11-13(8-17-14(11)6-9)12(15(16)18)7-10-3-4-10/h2,5-6,8,10,12,17H,3-4,7H2,1H3,(H2,16,18). The van der Waals surface area contributed by atoms with Gasteiger partial charge in [-0.25, -0.2) is 0 Å². The first-order valence-corrected chi connectivity index (χ1v) is 6.52. The monoisotopic (exact) mass is 242 g/mol. The summed E-state index contributed by atoms with van der Waals surface area (Å²) in [4.78, 5) is 14.9. The predicted molar refractivity (Wildman–Crippen MR) is 72.3 cm³/mol. The van der Waals surface area contributed by atoms with Gasteiger partial charge in [-0.1, -0.05) is 25.0 Å². The van der Waals surface area contributed by atoms with Crippen molar-refractivity contribution in [2.45, 2.75) is 32.1 Å². The van der Waals surface area contributed by atoms with Crippen LogP contribution in [0.4, 0.5) is 0 Å². The van der Waals surface area contributed by atoms with E-state index in [9.17, 15) is 4.79 Å². The zero-order chi connectivity index (χ0) is 12.7. The average molecular weight is 242 g/mol. The van der Waals surface area contributed by atoms with Crippen molar-refractivity contribution in [2.24, 2.45) is 11.7 Å². The Morgan fingerprint density at radius 3 is 2.94 bits per heavy atom. The van der Waals surface area contributed by atoms with Gasteiger partial charge >= 0.3 is 0 Å². The summed E-state index contributed by atoms with van der Waals surface area (Å²) in [5.74, 6) is 0.343. The largest absolute Gasteiger partial charge is 0.369 e. The summed E-state index contributed by atoms with van der Waals surface area (Å²) >= 11 is 0. The van der Waals surface area contributed by atoms with Crippen LogP contribution in [-0.4, -0.2) is 10.9 Å². The molecule has 1 unspecified atom stereocenters. The number of benzene rings is 1. The number of aromatic amines is 1. The summed E-state index contributed by atoms with van der Waals surface area (Å²) < 4.78 is 0. The molecule has 1 aliphatic rings. The fourth-order valence-electron chi connectivity index (χ4n) is 2.63. The third-order valence-electron chi connectivity index (χ3n) is 3.85. The molecule has 1 atom stereocenters. The van der Waals surface area contributed by atoms with Crippen LogP contribution in [0, 0.1) is 12.8 Å². The van der Waals surface area contributed by atoms with E-state index < -0.39 is 0 Å². The molecular weight excluding hydrogens is 224 g/mol. The number of rotatable bonds is 4. The Bertz CT molecular complexity index is 596. The molecule has 0 saturated heterocycles. The van der Waals surface area contributed by atoms with Gasteiger partial charge in [-0.3, -0.25) is 4.79 Å². The second-order valence-electron chi connectivity index (χ2n) is 5.43. The molecule has 1 saturated carbocycles. The van der Waals surface area contributed by atoms with Crippen molar-refractivity contribution in [3.63, 3.8) is 0 Å². The van der Waals surface area contributed by atoms with Gasteiger partial charge in [-0.2, -0.15) is 0 Å². The first kappa shape index (κ1) is 11.3. The lowest BCUT2D eigenvalue weighted by molar-refractivity contribution is -0.119. The van der Waals surface area contributed by atoms with Gasteiger partial charge in [0.25, 0.3) is 0 Å². The van der Waals surface area contributed by atoms with E-state index in [0.717, 1.165) is 22.9 Å². The number of carbonyl (C=O) groups excluding carboxylic acids is 1. The Labute approximate surface area is 106 Å². The third-order valence-corrected chi connectivity index (χ3v) is 3.85. The van der Waals surface area contributed by atoms with E-state index in [-0.39, 0.29) is 11.8 Å². The third kappa shape index (κ3) is 2.01. The Balaban J connectivity index is 2.02. The summed E-state index contributed by atoms with van der Waals surface area (Å²) in [5, 5.41) is 1.13. The quantitative estimate of drug-likeness (QED) is 0.851. The van der Waals surface area contributed by atoms with Crippen LogP contribution in [0.3, 0.4) is 0 Å². The van der Waals surface area contributed by atoms with E-state index >= 15 is 0 Å². The van der Waals surface area contributed by atoms with Gasteiger partial charge in [0.1, 0.15) is 0 Å². The van der Waals surface area contributed by atoms with Crippen LogP contribution >= 0.6 is 0 Å². The molecule has 1 amide bonds. The zero-order valence-electron chi connectivity index (χ0n) is 10.6. The number of hydrogen-bond donors (Lipinski definition) is 2. The lowest BCUT2D eigenvalue weighted by atomic mass is 9.92. The zero-order valence-corrected chi connectivity index (χ0v) is 10.6. The Kier molecular flexibility index (Phi) is 2.62. The molecule has 3 heteroatoms. The highest BCUT2D eigenvalue weighted by molar-refractivity contribution is 5.91. The van der Waals surface area contributed by atoms with Crippen LogP contribution in [0.25, 0.3) is 10.9 Å². The average Bonchev–Trinajstić information content (AvgIpc) is 3.06. The Morgan fingerprint density at radius 2 is 2.28 bits per heavy atom. The fraction of sp³-hybridized carbons (Fsp3) is 0.400. The van der Waals surface area contributed by atoms with Crippen molar-refractivity contribution in [3.05, 3.63) is 35.5 Å². The minimum atomic E-state index is -0.205. The number of carbonyl (C=O) groups is 1. The molecular formula is C15H18N2O. The van der Waals surface area contributed by atoms with Crippen LogP contribution < -0.4 is 5.73 Å². The molecule has 0 radical (unpaired) electrons. The van der Waals surface area contributed by atoms with Gasteiger partial charge in [0.05, 0.1) is 5.92 Å². The maximum atomic E-state index is 11.7. The Morgan fingerprint density at radius 1 is 1.50 bits per heavy atom. The molecule has 2 aromatic rings. The fourth-order valence-corrected chi connectivity index (χ4v) is 2.63. The SMILES string of the molecule is Cc1ccc2c(C(CC3CC3)C(N)=O)c[nH]c2c1. The summed E-state index contributed by atoms with van der Waals surface area (Å²) in [5.41, 5.74) is 8.94. The van der Waals surface area contributed by atoms with E-state index in [2.05, 4.69) is 30.1 Å². The highest BCUT2D eigenvalue weighted by atomic mass is 16.1. The molecule has 18 heavy (non-hydrogen) atoms. The van der Waals surface area contributed by atoms with Gasteiger partial charge in [0, 0.05) is 17.1 Å². The highest BCUT2D eigenvalue weighted by Crippen LogP contribution is 2.40. The maximum Gasteiger partial charge on any atom is 0.225 e. The summed E-state index contributed by atoms with van der Waals surface area (Å²) in [7, 11) is 0. The van der Waals surface area contributed by atoms with Gasteiger partial charge in [-0.05, 0) is 36.5 Å². The Hall–Kier alpha value is -1.77. The number of nitrogens with one attached hydrogen (secondary N) is 1.